The highest BCUT2D eigenvalue weighted by molar-refractivity contribution is 5.50. The molecule has 0 radical (unpaired) electrons. The molecule has 0 fully saturated rings. The van der Waals surface area contributed by atoms with Crippen LogP contribution in [0.4, 0.5) is 5.69 Å². The van der Waals surface area contributed by atoms with Crippen molar-refractivity contribution >= 4 is 5.69 Å². The highest BCUT2D eigenvalue weighted by atomic mass is 16.5. The highest BCUT2D eigenvalue weighted by Gasteiger charge is 2.04. The first-order valence-electron chi connectivity index (χ1n) is 5.82. The van der Waals surface area contributed by atoms with Gasteiger partial charge in [0, 0.05) is 25.3 Å². The zero-order valence-corrected chi connectivity index (χ0v) is 10.6. The zero-order valence-electron chi connectivity index (χ0n) is 10.6. The number of phenolic OH excluding ortho intramolecular Hbond substituents is 1. The Morgan fingerprint density at radius 2 is 1.89 bits per heavy atom. The lowest BCUT2D eigenvalue weighted by Gasteiger charge is -2.20. The number of phenols is 1. The second kappa shape index (κ2) is 5.45. The van der Waals surface area contributed by atoms with Gasteiger partial charge in [-0.05, 0) is 29.8 Å². The first kappa shape index (κ1) is 12.3. The number of nitrogens with zero attached hydrogens (tertiary/aromatic N) is 1. The number of hydrogen-bond acceptors (Lipinski definition) is 3. The molecule has 2 aromatic carbocycles. The molecular formula is C15H17NO2. The van der Waals surface area contributed by atoms with Crippen LogP contribution in [0.3, 0.4) is 0 Å². The number of benzene rings is 2. The van der Waals surface area contributed by atoms with Crippen LogP contribution in [-0.2, 0) is 6.54 Å². The fourth-order valence-corrected chi connectivity index (χ4v) is 1.87. The average Bonchev–Trinajstić information content (AvgIpc) is 2.39. The lowest BCUT2D eigenvalue weighted by molar-refractivity contribution is 0.415. The zero-order chi connectivity index (χ0) is 13.0. The molecule has 0 spiro atoms. The minimum Gasteiger partial charge on any atom is -0.508 e. The third-order valence-corrected chi connectivity index (χ3v) is 2.82. The highest BCUT2D eigenvalue weighted by Crippen LogP contribution is 2.22. The van der Waals surface area contributed by atoms with Crippen molar-refractivity contribution in [3.63, 3.8) is 0 Å². The second-order valence-electron chi connectivity index (χ2n) is 4.23. The van der Waals surface area contributed by atoms with Crippen molar-refractivity contribution < 1.29 is 9.84 Å². The van der Waals surface area contributed by atoms with Crippen molar-refractivity contribution in [2.75, 3.05) is 19.1 Å². The molecule has 0 saturated carbocycles. The minimum atomic E-state index is 0.298. The average molecular weight is 243 g/mol. The van der Waals surface area contributed by atoms with Gasteiger partial charge in [-0.1, -0.05) is 18.2 Å². The molecule has 0 aliphatic carbocycles. The van der Waals surface area contributed by atoms with Gasteiger partial charge in [0.2, 0.25) is 0 Å². The van der Waals surface area contributed by atoms with Gasteiger partial charge >= 0.3 is 0 Å². The molecule has 0 aromatic heterocycles. The smallest absolute Gasteiger partial charge is 0.120 e. The van der Waals surface area contributed by atoms with Crippen LogP contribution in [-0.4, -0.2) is 19.3 Å². The molecule has 0 bridgehead atoms. The molecular weight excluding hydrogens is 226 g/mol. The van der Waals surface area contributed by atoms with Crippen molar-refractivity contribution in [3.05, 3.63) is 54.1 Å². The van der Waals surface area contributed by atoms with E-state index < -0.39 is 0 Å². The maximum atomic E-state index is 9.44. The Hall–Kier alpha value is -2.16. The number of aromatic hydroxyl groups is 1. The molecule has 3 heteroatoms. The Labute approximate surface area is 107 Å². The Balaban J connectivity index is 2.13. The molecule has 1 N–H and O–H groups in total. The van der Waals surface area contributed by atoms with Gasteiger partial charge in [-0.2, -0.15) is 0 Å². The molecule has 0 heterocycles. The first-order valence-corrected chi connectivity index (χ1v) is 5.82. The van der Waals surface area contributed by atoms with Crippen LogP contribution in [0.15, 0.2) is 48.5 Å². The maximum Gasteiger partial charge on any atom is 0.120 e. The van der Waals surface area contributed by atoms with E-state index in [9.17, 15) is 5.11 Å². The summed E-state index contributed by atoms with van der Waals surface area (Å²) in [6.07, 6.45) is 0. The number of anilines is 1. The van der Waals surface area contributed by atoms with Crippen LogP contribution in [0, 0.1) is 0 Å². The van der Waals surface area contributed by atoms with E-state index in [4.69, 9.17) is 4.74 Å². The third-order valence-electron chi connectivity index (χ3n) is 2.82. The normalized spacial score (nSPS) is 10.1. The van der Waals surface area contributed by atoms with E-state index in [2.05, 4.69) is 4.90 Å². The van der Waals surface area contributed by atoms with Crippen LogP contribution >= 0.6 is 0 Å². The van der Waals surface area contributed by atoms with Gasteiger partial charge in [0.1, 0.15) is 11.5 Å². The Morgan fingerprint density at radius 1 is 1.11 bits per heavy atom. The van der Waals surface area contributed by atoms with E-state index in [1.807, 2.05) is 43.4 Å². The van der Waals surface area contributed by atoms with Gasteiger partial charge in [0.05, 0.1) is 7.11 Å². The van der Waals surface area contributed by atoms with Gasteiger partial charge < -0.3 is 14.7 Å². The van der Waals surface area contributed by atoms with Gasteiger partial charge in [0.15, 0.2) is 0 Å². The third kappa shape index (κ3) is 2.94. The summed E-state index contributed by atoms with van der Waals surface area (Å²) in [7, 11) is 3.67. The molecule has 2 aromatic rings. The standard InChI is InChI=1S/C15H17NO2/c1-16(11-12-5-3-7-14(17)9-12)13-6-4-8-15(10-13)18-2/h3-10,17H,11H2,1-2H3. The van der Waals surface area contributed by atoms with Crippen LogP contribution in [0.2, 0.25) is 0 Å². The van der Waals surface area contributed by atoms with Gasteiger partial charge in [0.25, 0.3) is 0 Å². The summed E-state index contributed by atoms with van der Waals surface area (Å²) in [6, 6.07) is 15.2. The van der Waals surface area contributed by atoms with Gasteiger partial charge in [-0.3, -0.25) is 0 Å². The number of rotatable bonds is 4. The van der Waals surface area contributed by atoms with Gasteiger partial charge in [-0.25, -0.2) is 0 Å². The molecule has 0 aliphatic heterocycles. The molecule has 0 atom stereocenters. The topological polar surface area (TPSA) is 32.7 Å². The van der Waals surface area contributed by atoms with Crippen LogP contribution in [0.25, 0.3) is 0 Å². The number of ether oxygens (including phenoxy) is 1. The lowest BCUT2D eigenvalue weighted by atomic mass is 10.2. The van der Waals surface area contributed by atoms with Crippen molar-refractivity contribution in [2.45, 2.75) is 6.54 Å². The monoisotopic (exact) mass is 243 g/mol. The van der Waals surface area contributed by atoms with E-state index in [0.717, 1.165) is 23.5 Å². The van der Waals surface area contributed by atoms with E-state index in [1.165, 1.54) is 0 Å². The maximum absolute atomic E-state index is 9.44. The summed E-state index contributed by atoms with van der Waals surface area (Å²) in [6.45, 7) is 0.738. The molecule has 0 amide bonds. The molecule has 18 heavy (non-hydrogen) atoms. The molecule has 0 saturated heterocycles. The predicted molar refractivity (Wildman–Crippen MR) is 73.2 cm³/mol. The summed E-state index contributed by atoms with van der Waals surface area (Å²) < 4.78 is 5.21. The Morgan fingerprint density at radius 3 is 2.61 bits per heavy atom. The van der Waals surface area contributed by atoms with Crippen molar-refractivity contribution in [1.82, 2.24) is 0 Å². The van der Waals surface area contributed by atoms with E-state index in [-0.39, 0.29) is 0 Å². The molecule has 3 nitrogen and oxygen atoms in total. The van der Waals surface area contributed by atoms with Crippen molar-refractivity contribution in [2.24, 2.45) is 0 Å². The van der Waals surface area contributed by atoms with Gasteiger partial charge in [-0.15, -0.1) is 0 Å². The van der Waals surface area contributed by atoms with E-state index in [1.54, 1.807) is 19.2 Å². The molecule has 0 unspecified atom stereocenters. The van der Waals surface area contributed by atoms with E-state index in [0.29, 0.717) is 5.75 Å². The molecule has 0 aliphatic rings. The second-order valence-corrected chi connectivity index (χ2v) is 4.23. The summed E-state index contributed by atoms with van der Waals surface area (Å²) in [5.41, 5.74) is 2.15. The minimum absolute atomic E-state index is 0.298. The van der Waals surface area contributed by atoms with Crippen LogP contribution in [0.1, 0.15) is 5.56 Å². The first-order chi connectivity index (χ1) is 8.69. The summed E-state index contributed by atoms with van der Waals surface area (Å²) in [5.74, 6) is 1.14. The Bertz CT molecular complexity index is 525. The number of methoxy groups -OCH3 is 1. The fraction of sp³-hybridized carbons (Fsp3) is 0.200. The van der Waals surface area contributed by atoms with Crippen LogP contribution in [0.5, 0.6) is 11.5 Å². The molecule has 2 rings (SSSR count). The molecule has 94 valence electrons. The van der Waals surface area contributed by atoms with Crippen molar-refractivity contribution in [1.29, 1.82) is 0 Å². The van der Waals surface area contributed by atoms with E-state index >= 15 is 0 Å². The predicted octanol–water partition coefficient (Wildman–Crippen LogP) is 3.04. The Kier molecular flexibility index (Phi) is 3.72. The number of hydrogen-bond donors (Lipinski definition) is 1. The summed E-state index contributed by atoms with van der Waals surface area (Å²) in [4.78, 5) is 2.11. The lowest BCUT2D eigenvalue weighted by Crippen LogP contribution is -2.16. The largest absolute Gasteiger partial charge is 0.508 e. The SMILES string of the molecule is COc1cccc(N(C)Cc2cccc(O)c2)c1. The van der Waals surface area contributed by atoms with Crippen LogP contribution < -0.4 is 9.64 Å². The summed E-state index contributed by atoms with van der Waals surface area (Å²) >= 11 is 0. The quantitative estimate of drug-likeness (QED) is 0.896. The summed E-state index contributed by atoms with van der Waals surface area (Å²) in [5, 5.41) is 9.44. The van der Waals surface area contributed by atoms with Crippen molar-refractivity contribution in [3.8, 4) is 11.5 Å². The fourth-order valence-electron chi connectivity index (χ4n) is 1.87.